The number of rotatable bonds is 9. The molecule has 7 heteroatoms. The fourth-order valence-corrected chi connectivity index (χ4v) is 3.75. The summed E-state index contributed by atoms with van der Waals surface area (Å²) in [5, 5.41) is 19.8. The minimum absolute atomic E-state index is 0.612. The summed E-state index contributed by atoms with van der Waals surface area (Å²) in [6.07, 6.45) is 5.46. The van der Waals surface area contributed by atoms with Crippen molar-refractivity contribution in [3.63, 3.8) is 0 Å². The van der Waals surface area contributed by atoms with Gasteiger partial charge in [0.2, 0.25) is 0 Å². The highest BCUT2D eigenvalue weighted by molar-refractivity contribution is 9.10. The smallest absolute Gasteiger partial charge is 0.139 e. The van der Waals surface area contributed by atoms with Gasteiger partial charge in [-0.2, -0.15) is 5.26 Å². The first kappa shape index (κ1) is 22.6. The number of hydrogen-bond acceptors (Lipinski definition) is 5. The average Bonchev–Trinajstić information content (AvgIpc) is 3.39. The summed E-state index contributed by atoms with van der Waals surface area (Å²) >= 11 is 3.49. The molecule has 4 rings (SSSR count). The van der Waals surface area contributed by atoms with Gasteiger partial charge in [0, 0.05) is 10.0 Å². The molecule has 0 fully saturated rings. The van der Waals surface area contributed by atoms with Crippen LogP contribution in [0, 0.1) is 11.3 Å². The average molecular weight is 502 g/mol. The Morgan fingerprint density at radius 1 is 1.00 bits per heavy atom. The number of halogens is 1. The molecule has 1 heterocycles. The van der Waals surface area contributed by atoms with Gasteiger partial charge in [-0.3, -0.25) is 5.01 Å². The van der Waals surface area contributed by atoms with Crippen molar-refractivity contribution >= 4 is 21.6 Å². The maximum atomic E-state index is 9.73. The van der Waals surface area contributed by atoms with Gasteiger partial charge in [-0.15, -0.1) is 10.2 Å². The fraction of sp³-hybridized carbons (Fsp3) is 0.192. The van der Waals surface area contributed by atoms with Crippen LogP contribution in [0.5, 0.6) is 5.75 Å². The van der Waals surface area contributed by atoms with Gasteiger partial charge in [0.1, 0.15) is 18.4 Å². The zero-order valence-electron chi connectivity index (χ0n) is 18.4. The van der Waals surface area contributed by atoms with Crippen molar-refractivity contribution in [2.75, 3.05) is 11.6 Å². The van der Waals surface area contributed by atoms with E-state index < -0.39 is 0 Å². The summed E-state index contributed by atoms with van der Waals surface area (Å²) in [6, 6.07) is 24.3. The van der Waals surface area contributed by atoms with Gasteiger partial charge in [-0.1, -0.05) is 53.5 Å². The Labute approximate surface area is 202 Å². The lowest BCUT2D eigenvalue weighted by Crippen LogP contribution is -2.27. The molecule has 0 aliphatic carbocycles. The maximum Gasteiger partial charge on any atom is 0.139 e. The van der Waals surface area contributed by atoms with E-state index in [1.54, 1.807) is 12.7 Å². The van der Waals surface area contributed by atoms with Crippen LogP contribution in [0.4, 0.5) is 5.69 Å². The molecule has 0 aliphatic heterocycles. The minimum atomic E-state index is 0.612. The highest BCUT2D eigenvalue weighted by Gasteiger charge is 2.14. The number of nitrogens with zero attached hydrogens (tertiary/aromatic N) is 5. The standard InChI is InChI=1S/C26H24BrN5O/c1-2-3-14-33-25-12-7-21(8-13-25)26-15-24(11-6-22(26)16-28)32(31-18-29-30-19-31)17-20-4-9-23(27)10-5-20/h4-13,15,18-19H,2-3,14,17H2,1H3. The van der Waals surface area contributed by atoms with Crippen LogP contribution in [0.25, 0.3) is 11.1 Å². The van der Waals surface area contributed by atoms with Gasteiger partial charge in [0.15, 0.2) is 0 Å². The molecule has 0 spiro atoms. The van der Waals surface area contributed by atoms with E-state index in [2.05, 4.69) is 56.3 Å². The second-order valence-corrected chi connectivity index (χ2v) is 8.51. The van der Waals surface area contributed by atoms with Gasteiger partial charge >= 0.3 is 0 Å². The van der Waals surface area contributed by atoms with Crippen molar-refractivity contribution in [3.8, 4) is 22.9 Å². The Kier molecular flexibility index (Phi) is 7.38. The zero-order chi connectivity index (χ0) is 23.0. The van der Waals surface area contributed by atoms with E-state index in [-0.39, 0.29) is 0 Å². The third-order valence-corrected chi connectivity index (χ3v) is 5.81. The van der Waals surface area contributed by atoms with Crippen LogP contribution in [-0.4, -0.2) is 21.5 Å². The highest BCUT2D eigenvalue weighted by atomic mass is 79.9. The number of ether oxygens (including phenoxy) is 1. The van der Waals surface area contributed by atoms with E-state index in [4.69, 9.17) is 4.74 Å². The molecule has 0 saturated carbocycles. The predicted octanol–water partition coefficient (Wildman–Crippen LogP) is 6.23. The SMILES string of the molecule is CCCCOc1ccc(-c2cc(N(Cc3ccc(Br)cc3)n3cnnc3)ccc2C#N)cc1. The molecule has 4 aromatic rings. The topological polar surface area (TPSA) is 67.0 Å². The summed E-state index contributed by atoms with van der Waals surface area (Å²) in [4.78, 5) is 0. The Morgan fingerprint density at radius 2 is 1.73 bits per heavy atom. The molecular weight excluding hydrogens is 478 g/mol. The molecule has 0 N–H and O–H groups in total. The van der Waals surface area contributed by atoms with E-state index in [0.717, 1.165) is 45.4 Å². The van der Waals surface area contributed by atoms with Crippen molar-refractivity contribution < 1.29 is 4.74 Å². The summed E-state index contributed by atoms with van der Waals surface area (Å²) in [5.74, 6) is 0.836. The Morgan fingerprint density at radius 3 is 2.39 bits per heavy atom. The molecule has 0 saturated heterocycles. The molecule has 0 radical (unpaired) electrons. The van der Waals surface area contributed by atoms with E-state index in [1.807, 2.05) is 59.3 Å². The number of unbranched alkanes of at least 4 members (excludes halogenated alkanes) is 1. The van der Waals surface area contributed by atoms with Crippen molar-refractivity contribution in [2.24, 2.45) is 0 Å². The summed E-state index contributed by atoms with van der Waals surface area (Å²) < 4.78 is 8.66. The zero-order valence-corrected chi connectivity index (χ0v) is 19.9. The molecule has 0 unspecified atom stereocenters. The Hall–Kier alpha value is -3.63. The molecule has 0 bridgehead atoms. The minimum Gasteiger partial charge on any atom is -0.494 e. The number of hydrogen-bond donors (Lipinski definition) is 0. The van der Waals surface area contributed by atoms with Crippen LogP contribution in [0.2, 0.25) is 0 Å². The molecule has 0 aliphatic rings. The fourth-order valence-electron chi connectivity index (χ4n) is 3.48. The Balaban J connectivity index is 1.67. The van der Waals surface area contributed by atoms with Crippen molar-refractivity contribution in [3.05, 3.63) is 95.0 Å². The number of nitriles is 1. The highest BCUT2D eigenvalue weighted by Crippen LogP contribution is 2.31. The largest absolute Gasteiger partial charge is 0.494 e. The van der Waals surface area contributed by atoms with Gasteiger partial charge < -0.3 is 4.74 Å². The van der Waals surface area contributed by atoms with Crippen LogP contribution in [-0.2, 0) is 6.54 Å². The van der Waals surface area contributed by atoms with Gasteiger partial charge in [0.05, 0.1) is 30.5 Å². The number of anilines is 1. The molecule has 0 atom stereocenters. The van der Waals surface area contributed by atoms with Crippen molar-refractivity contribution in [1.29, 1.82) is 5.26 Å². The van der Waals surface area contributed by atoms with Crippen LogP contribution in [0.3, 0.4) is 0 Å². The first-order valence-corrected chi connectivity index (χ1v) is 11.6. The van der Waals surface area contributed by atoms with Crippen molar-refractivity contribution in [2.45, 2.75) is 26.3 Å². The molecular formula is C26H24BrN5O. The van der Waals surface area contributed by atoms with E-state index >= 15 is 0 Å². The molecule has 3 aromatic carbocycles. The molecule has 1 aromatic heterocycles. The summed E-state index contributed by atoms with van der Waals surface area (Å²) in [6.45, 7) is 3.46. The molecule has 166 valence electrons. The van der Waals surface area contributed by atoms with Crippen molar-refractivity contribution in [1.82, 2.24) is 14.9 Å². The van der Waals surface area contributed by atoms with Gasteiger partial charge in [0.25, 0.3) is 0 Å². The predicted molar refractivity (Wildman–Crippen MR) is 133 cm³/mol. The number of benzene rings is 3. The summed E-state index contributed by atoms with van der Waals surface area (Å²) in [5.41, 5.74) is 4.50. The van der Waals surface area contributed by atoms with Gasteiger partial charge in [-0.05, 0) is 60.0 Å². The quantitative estimate of drug-likeness (QED) is 0.254. The molecule has 6 nitrogen and oxygen atoms in total. The molecule has 33 heavy (non-hydrogen) atoms. The lowest BCUT2D eigenvalue weighted by molar-refractivity contribution is 0.309. The normalized spacial score (nSPS) is 10.6. The lowest BCUT2D eigenvalue weighted by atomic mass is 9.99. The maximum absolute atomic E-state index is 9.73. The monoisotopic (exact) mass is 501 g/mol. The number of aromatic nitrogens is 3. The van der Waals surface area contributed by atoms with Crippen LogP contribution in [0.1, 0.15) is 30.9 Å². The Bertz CT molecular complexity index is 1220. The lowest BCUT2D eigenvalue weighted by Gasteiger charge is -2.26. The van der Waals surface area contributed by atoms with Crippen LogP contribution >= 0.6 is 15.9 Å². The third kappa shape index (κ3) is 5.60. The van der Waals surface area contributed by atoms with E-state index in [9.17, 15) is 5.26 Å². The first-order valence-electron chi connectivity index (χ1n) is 10.8. The summed E-state index contributed by atoms with van der Waals surface area (Å²) in [7, 11) is 0. The van der Waals surface area contributed by atoms with E-state index in [1.165, 1.54) is 0 Å². The van der Waals surface area contributed by atoms with E-state index in [0.29, 0.717) is 18.7 Å². The van der Waals surface area contributed by atoms with Gasteiger partial charge in [-0.25, -0.2) is 4.68 Å². The second-order valence-electron chi connectivity index (χ2n) is 7.59. The molecule has 0 amide bonds. The third-order valence-electron chi connectivity index (χ3n) is 5.28. The van der Waals surface area contributed by atoms with Crippen LogP contribution in [0.15, 0.2) is 83.9 Å². The van der Waals surface area contributed by atoms with Crippen LogP contribution < -0.4 is 9.75 Å². The first-order chi connectivity index (χ1) is 16.2. The second kappa shape index (κ2) is 10.8.